The third-order valence-electron chi connectivity index (χ3n) is 11.0. The number of ether oxygens (including phenoxy) is 2. The maximum atomic E-state index is 11.5. The molecule has 4 aliphatic rings. The molecule has 0 N–H and O–H groups in total. The van der Waals surface area contributed by atoms with Gasteiger partial charge in [0.1, 0.15) is 6.10 Å². The van der Waals surface area contributed by atoms with Crippen LogP contribution in [0.3, 0.4) is 0 Å². The van der Waals surface area contributed by atoms with E-state index in [-0.39, 0.29) is 18.0 Å². The van der Waals surface area contributed by atoms with E-state index in [0.717, 1.165) is 55.3 Å². The minimum Gasteiger partial charge on any atom is -0.469 e. The van der Waals surface area contributed by atoms with E-state index in [2.05, 4.69) is 20.8 Å². The van der Waals surface area contributed by atoms with Crippen molar-refractivity contribution in [2.45, 2.75) is 111 Å². The highest BCUT2D eigenvalue weighted by Gasteiger charge is 2.60. The Kier molecular flexibility index (Phi) is 6.99. The van der Waals surface area contributed by atoms with Crippen LogP contribution in [0.4, 0.5) is 0 Å². The molecule has 0 saturated heterocycles. The van der Waals surface area contributed by atoms with E-state index in [0.29, 0.717) is 23.2 Å². The van der Waals surface area contributed by atoms with Crippen LogP contribution in [-0.4, -0.2) is 25.2 Å². The van der Waals surface area contributed by atoms with Gasteiger partial charge in [-0.15, -0.1) is 0 Å². The summed E-state index contributed by atoms with van der Waals surface area (Å²) in [7, 11) is 1.49. The normalized spacial score (nSPS) is 44.0. The molecule has 0 amide bonds. The molecule has 4 nitrogen and oxygen atoms in total. The van der Waals surface area contributed by atoms with E-state index in [4.69, 9.17) is 9.47 Å². The zero-order valence-corrected chi connectivity index (χ0v) is 21.2. The molecule has 9 atom stereocenters. The number of esters is 2. The van der Waals surface area contributed by atoms with Gasteiger partial charge in [-0.1, -0.05) is 20.8 Å². The lowest BCUT2D eigenvalue weighted by Gasteiger charge is -2.61. The number of carbonyl (C=O) groups excluding carboxylic acids is 2. The monoisotopic (exact) mass is 446 g/mol. The van der Waals surface area contributed by atoms with Gasteiger partial charge >= 0.3 is 11.9 Å². The average Bonchev–Trinajstić information content (AvgIpc) is 3.10. The maximum absolute atomic E-state index is 11.5. The Bertz CT molecular complexity index is 704. The zero-order valence-electron chi connectivity index (χ0n) is 21.2. The van der Waals surface area contributed by atoms with Crippen molar-refractivity contribution in [2.24, 2.45) is 46.3 Å². The van der Waals surface area contributed by atoms with Gasteiger partial charge in [0.15, 0.2) is 0 Å². The predicted molar refractivity (Wildman–Crippen MR) is 126 cm³/mol. The van der Waals surface area contributed by atoms with Crippen LogP contribution in [0.1, 0.15) is 105 Å². The van der Waals surface area contributed by atoms with Crippen LogP contribution in [0.2, 0.25) is 0 Å². The molecule has 0 unspecified atom stereocenters. The molecule has 0 heterocycles. The first-order valence-electron chi connectivity index (χ1n) is 13.4. The second-order valence-corrected chi connectivity index (χ2v) is 12.3. The lowest BCUT2D eigenvalue weighted by atomic mass is 9.44. The molecule has 0 aliphatic heterocycles. The fraction of sp³-hybridized carbons (Fsp3) is 0.929. The first-order valence-corrected chi connectivity index (χ1v) is 13.4. The van der Waals surface area contributed by atoms with Gasteiger partial charge in [-0.3, -0.25) is 9.59 Å². The van der Waals surface area contributed by atoms with Crippen molar-refractivity contribution in [1.29, 1.82) is 0 Å². The summed E-state index contributed by atoms with van der Waals surface area (Å²) >= 11 is 0. The van der Waals surface area contributed by atoms with Crippen LogP contribution in [0.25, 0.3) is 0 Å². The minimum atomic E-state index is -0.113. The fourth-order valence-corrected chi connectivity index (χ4v) is 9.41. The third-order valence-corrected chi connectivity index (χ3v) is 11.0. The van der Waals surface area contributed by atoms with Crippen molar-refractivity contribution in [2.75, 3.05) is 7.11 Å². The summed E-state index contributed by atoms with van der Waals surface area (Å²) in [5, 5.41) is 0. The number of rotatable bonds is 6. The van der Waals surface area contributed by atoms with Crippen molar-refractivity contribution >= 4 is 11.9 Å². The zero-order chi connectivity index (χ0) is 23.1. The van der Waals surface area contributed by atoms with Gasteiger partial charge in [0.2, 0.25) is 0 Å². The third kappa shape index (κ3) is 4.25. The number of methoxy groups -OCH3 is 1. The molecule has 4 rings (SSSR count). The van der Waals surface area contributed by atoms with E-state index >= 15 is 0 Å². The molecule has 4 saturated carbocycles. The average molecular weight is 447 g/mol. The summed E-state index contributed by atoms with van der Waals surface area (Å²) in [6.45, 7) is 9.20. The molecule has 0 radical (unpaired) electrons. The summed E-state index contributed by atoms with van der Waals surface area (Å²) < 4.78 is 10.5. The second kappa shape index (κ2) is 9.29. The first-order chi connectivity index (χ1) is 15.2. The molecule has 4 fully saturated rings. The lowest BCUT2D eigenvalue weighted by molar-refractivity contribution is -0.160. The quantitative estimate of drug-likeness (QED) is 0.434. The van der Waals surface area contributed by atoms with Crippen LogP contribution in [0.5, 0.6) is 0 Å². The minimum absolute atomic E-state index is 0.0679. The molecule has 4 aliphatic carbocycles. The summed E-state index contributed by atoms with van der Waals surface area (Å²) in [6.07, 6.45) is 14.4. The van der Waals surface area contributed by atoms with Crippen molar-refractivity contribution < 1.29 is 19.1 Å². The fourth-order valence-electron chi connectivity index (χ4n) is 9.41. The Morgan fingerprint density at radius 1 is 0.969 bits per heavy atom. The van der Waals surface area contributed by atoms with Crippen LogP contribution >= 0.6 is 0 Å². The predicted octanol–water partition coefficient (Wildman–Crippen LogP) is 6.56. The molecule has 0 aromatic heterocycles. The molecule has 32 heavy (non-hydrogen) atoms. The smallest absolute Gasteiger partial charge is 0.305 e. The molecule has 4 heteroatoms. The highest BCUT2D eigenvalue weighted by Crippen LogP contribution is 2.68. The lowest BCUT2D eigenvalue weighted by Crippen LogP contribution is -2.54. The summed E-state index contributed by atoms with van der Waals surface area (Å²) in [5.41, 5.74) is 0.912. The molecular formula is C28H46O4. The SMILES string of the molecule is COC(=O)CCC[C@@H](C)[C@H]1CC[C@H]2[C@@H]3CC[C@H]4C[C@@H](OC(C)=O)CC[C@]4(C)[C@H]3CC[C@]12C. The Balaban J connectivity index is 1.41. The Morgan fingerprint density at radius 2 is 1.69 bits per heavy atom. The van der Waals surface area contributed by atoms with Crippen molar-refractivity contribution in [3.63, 3.8) is 0 Å². The van der Waals surface area contributed by atoms with E-state index in [1.165, 1.54) is 52.1 Å². The molecule has 182 valence electrons. The molecule has 0 aromatic rings. The van der Waals surface area contributed by atoms with E-state index < -0.39 is 0 Å². The second-order valence-electron chi connectivity index (χ2n) is 12.3. The largest absolute Gasteiger partial charge is 0.469 e. The highest BCUT2D eigenvalue weighted by atomic mass is 16.5. The maximum Gasteiger partial charge on any atom is 0.305 e. The van der Waals surface area contributed by atoms with Crippen LogP contribution in [0.15, 0.2) is 0 Å². The number of fused-ring (bicyclic) bond motifs is 5. The summed E-state index contributed by atoms with van der Waals surface area (Å²) in [5.74, 6) is 4.64. The van der Waals surface area contributed by atoms with Crippen molar-refractivity contribution in [3.05, 3.63) is 0 Å². The molecule has 0 aromatic carbocycles. The van der Waals surface area contributed by atoms with Crippen LogP contribution < -0.4 is 0 Å². The molecular weight excluding hydrogens is 400 g/mol. The Morgan fingerprint density at radius 3 is 2.41 bits per heavy atom. The van der Waals surface area contributed by atoms with Gasteiger partial charge in [-0.05, 0) is 117 Å². The van der Waals surface area contributed by atoms with Gasteiger partial charge in [0.05, 0.1) is 7.11 Å². The van der Waals surface area contributed by atoms with E-state index in [1.54, 1.807) is 6.92 Å². The van der Waals surface area contributed by atoms with Gasteiger partial charge in [-0.25, -0.2) is 0 Å². The van der Waals surface area contributed by atoms with E-state index in [9.17, 15) is 9.59 Å². The molecule has 0 bridgehead atoms. The van der Waals surface area contributed by atoms with Gasteiger partial charge < -0.3 is 9.47 Å². The van der Waals surface area contributed by atoms with Crippen LogP contribution in [-0.2, 0) is 19.1 Å². The summed E-state index contributed by atoms with van der Waals surface area (Å²) in [4.78, 5) is 23.0. The Hall–Kier alpha value is -1.06. The number of hydrogen-bond donors (Lipinski definition) is 0. The number of carbonyl (C=O) groups is 2. The van der Waals surface area contributed by atoms with Gasteiger partial charge in [0.25, 0.3) is 0 Å². The van der Waals surface area contributed by atoms with Gasteiger partial charge in [0, 0.05) is 13.3 Å². The topological polar surface area (TPSA) is 52.6 Å². The van der Waals surface area contributed by atoms with Crippen molar-refractivity contribution in [1.82, 2.24) is 0 Å². The first kappa shape index (κ1) is 24.1. The van der Waals surface area contributed by atoms with Crippen molar-refractivity contribution in [3.8, 4) is 0 Å². The highest BCUT2D eigenvalue weighted by molar-refractivity contribution is 5.69. The standard InChI is InChI=1S/C28H46O4/c1-18(7-6-8-26(30)31-5)23-11-12-24-22-10-9-20-17-21(32-19(2)29)13-15-27(20,3)25(22)14-16-28(23,24)4/h18,20-25H,6-17H2,1-5H3/t18-,20+,21+,22+,23-,24+,25+,27+,28-/m1/s1. The Labute approximate surface area is 195 Å². The van der Waals surface area contributed by atoms with Gasteiger partial charge in [-0.2, -0.15) is 0 Å². The van der Waals surface area contributed by atoms with E-state index in [1.807, 2.05) is 0 Å². The van der Waals surface area contributed by atoms with Crippen LogP contribution in [0, 0.1) is 46.3 Å². The summed E-state index contributed by atoms with van der Waals surface area (Å²) in [6, 6.07) is 0. The number of hydrogen-bond acceptors (Lipinski definition) is 4. The molecule has 0 spiro atoms.